The van der Waals surface area contributed by atoms with Gasteiger partial charge in [0.1, 0.15) is 19.8 Å². The molecule has 1 rings (SSSR count). The number of anilines is 1. The quantitative estimate of drug-likeness (QED) is 0.219. The van der Waals surface area contributed by atoms with Crippen LogP contribution in [-0.2, 0) is 28.4 Å². The van der Waals surface area contributed by atoms with Gasteiger partial charge in [-0.2, -0.15) is 0 Å². The van der Waals surface area contributed by atoms with E-state index in [4.69, 9.17) is 48.4 Å². The molecule has 1 aromatic rings. The fourth-order valence-corrected chi connectivity index (χ4v) is 2.31. The number of benzene rings is 1. The van der Waals surface area contributed by atoms with Crippen LogP contribution in [0.5, 0.6) is 17.2 Å². The highest BCUT2D eigenvalue weighted by atomic mass is 16.6. The minimum atomic E-state index is 0.315. The van der Waals surface area contributed by atoms with Crippen LogP contribution in [0.1, 0.15) is 0 Å². The summed E-state index contributed by atoms with van der Waals surface area (Å²) in [6.07, 6.45) is 0. The van der Waals surface area contributed by atoms with Gasteiger partial charge in [0.15, 0.2) is 11.5 Å². The molecule has 0 aliphatic heterocycles. The Hall–Kier alpha value is -1.82. The third-order valence-electron chi connectivity index (χ3n) is 3.78. The Kier molecular flexibility index (Phi) is 16.6. The van der Waals surface area contributed by atoms with Gasteiger partial charge in [-0.25, -0.2) is 0 Å². The van der Waals surface area contributed by atoms with Crippen molar-refractivity contribution in [2.24, 2.45) is 0 Å². The molecule has 0 aliphatic carbocycles. The first-order valence-electron chi connectivity index (χ1n) is 10.2. The Balaban J connectivity index is 2.66. The van der Waals surface area contributed by atoms with Gasteiger partial charge in [-0.3, -0.25) is 0 Å². The second kappa shape index (κ2) is 18.9. The zero-order valence-corrected chi connectivity index (χ0v) is 18.9. The largest absolute Gasteiger partial charge is 0.487 e. The van der Waals surface area contributed by atoms with Crippen molar-refractivity contribution in [1.29, 1.82) is 0 Å². The molecular formula is C21H37NO9. The maximum Gasteiger partial charge on any atom is 0.203 e. The zero-order chi connectivity index (χ0) is 22.6. The van der Waals surface area contributed by atoms with Crippen LogP contribution in [0.15, 0.2) is 12.1 Å². The lowest BCUT2D eigenvalue weighted by molar-refractivity contribution is 0.0469. The van der Waals surface area contributed by atoms with Gasteiger partial charge < -0.3 is 48.4 Å². The van der Waals surface area contributed by atoms with Gasteiger partial charge >= 0.3 is 0 Å². The molecule has 0 aromatic heterocycles. The van der Waals surface area contributed by atoms with Crippen molar-refractivity contribution in [2.45, 2.75) is 0 Å². The standard InChI is InChI=1S/C21H37NO9/c1-23-4-7-26-10-13-29-19-16-18(22)17-20(30-14-11-27-8-5-24-2)21(19)31-15-12-28-9-6-25-3/h16-17H,4-15,22H2,1-3H3. The third kappa shape index (κ3) is 13.2. The van der Waals surface area contributed by atoms with E-state index >= 15 is 0 Å². The summed E-state index contributed by atoms with van der Waals surface area (Å²) in [5.41, 5.74) is 6.52. The van der Waals surface area contributed by atoms with E-state index in [9.17, 15) is 0 Å². The second-order valence-electron chi connectivity index (χ2n) is 6.21. The smallest absolute Gasteiger partial charge is 0.203 e. The molecule has 10 nitrogen and oxygen atoms in total. The van der Waals surface area contributed by atoms with Crippen molar-refractivity contribution >= 4 is 5.69 Å². The predicted octanol–water partition coefficient (Wildman–Crippen LogP) is 1.39. The number of nitrogen functional groups attached to an aromatic ring is 1. The van der Waals surface area contributed by atoms with Gasteiger partial charge in [0.25, 0.3) is 0 Å². The van der Waals surface area contributed by atoms with Gasteiger partial charge in [0, 0.05) is 39.1 Å². The highest BCUT2D eigenvalue weighted by Crippen LogP contribution is 2.40. The number of hydrogen-bond acceptors (Lipinski definition) is 10. The minimum absolute atomic E-state index is 0.315. The van der Waals surface area contributed by atoms with Gasteiger partial charge in [-0.05, 0) is 0 Å². The highest BCUT2D eigenvalue weighted by molar-refractivity contribution is 5.60. The van der Waals surface area contributed by atoms with Crippen LogP contribution in [0.25, 0.3) is 0 Å². The Morgan fingerprint density at radius 3 is 1.26 bits per heavy atom. The van der Waals surface area contributed by atoms with Crippen LogP contribution in [-0.4, -0.2) is 101 Å². The van der Waals surface area contributed by atoms with Crippen molar-refractivity contribution in [2.75, 3.05) is 106 Å². The van der Waals surface area contributed by atoms with Crippen molar-refractivity contribution in [3.8, 4) is 17.2 Å². The summed E-state index contributed by atoms with van der Waals surface area (Å²) >= 11 is 0. The Bertz CT molecular complexity index is 523. The average Bonchev–Trinajstić information content (AvgIpc) is 2.76. The van der Waals surface area contributed by atoms with Crippen LogP contribution in [0.3, 0.4) is 0 Å². The lowest BCUT2D eigenvalue weighted by Gasteiger charge is -2.18. The Morgan fingerprint density at radius 1 is 0.516 bits per heavy atom. The summed E-state index contributed by atoms with van der Waals surface area (Å²) in [6.45, 7) is 5.24. The van der Waals surface area contributed by atoms with E-state index < -0.39 is 0 Å². The summed E-state index contributed by atoms with van der Waals surface area (Å²) < 4.78 is 48.7. The molecule has 0 spiro atoms. The number of hydrogen-bond donors (Lipinski definition) is 1. The van der Waals surface area contributed by atoms with E-state index in [1.54, 1.807) is 33.5 Å². The molecule has 0 atom stereocenters. The van der Waals surface area contributed by atoms with E-state index in [2.05, 4.69) is 0 Å². The van der Waals surface area contributed by atoms with Crippen molar-refractivity contribution in [3.05, 3.63) is 12.1 Å². The molecule has 180 valence electrons. The van der Waals surface area contributed by atoms with Crippen molar-refractivity contribution in [3.63, 3.8) is 0 Å². The monoisotopic (exact) mass is 447 g/mol. The first kappa shape index (κ1) is 27.2. The van der Waals surface area contributed by atoms with E-state index in [-0.39, 0.29) is 0 Å². The second-order valence-corrected chi connectivity index (χ2v) is 6.21. The zero-order valence-electron chi connectivity index (χ0n) is 18.9. The average molecular weight is 448 g/mol. The van der Waals surface area contributed by atoms with Crippen LogP contribution in [0.4, 0.5) is 5.69 Å². The number of rotatable bonds is 21. The topological polar surface area (TPSA) is 109 Å². The summed E-state index contributed by atoms with van der Waals surface area (Å²) in [5, 5.41) is 0. The normalized spacial score (nSPS) is 10.9. The molecule has 0 unspecified atom stereocenters. The van der Waals surface area contributed by atoms with Gasteiger partial charge in [-0.1, -0.05) is 0 Å². The van der Waals surface area contributed by atoms with Gasteiger partial charge in [0.05, 0.1) is 59.5 Å². The first-order valence-corrected chi connectivity index (χ1v) is 10.2. The van der Waals surface area contributed by atoms with Gasteiger partial charge in [-0.15, -0.1) is 0 Å². The van der Waals surface area contributed by atoms with Crippen molar-refractivity contribution < 1.29 is 42.6 Å². The van der Waals surface area contributed by atoms with E-state index in [0.717, 1.165) is 0 Å². The molecule has 31 heavy (non-hydrogen) atoms. The first-order chi connectivity index (χ1) is 15.2. The van der Waals surface area contributed by atoms with Crippen LogP contribution < -0.4 is 19.9 Å². The summed E-state index contributed by atoms with van der Waals surface area (Å²) in [4.78, 5) is 0. The lowest BCUT2D eigenvalue weighted by atomic mass is 10.2. The summed E-state index contributed by atoms with van der Waals surface area (Å²) in [7, 11) is 4.87. The van der Waals surface area contributed by atoms with Crippen LogP contribution in [0.2, 0.25) is 0 Å². The van der Waals surface area contributed by atoms with E-state index in [0.29, 0.717) is 102 Å². The molecule has 0 amide bonds. The molecular weight excluding hydrogens is 410 g/mol. The number of methoxy groups -OCH3 is 3. The SMILES string of the molecule is COCCOCCOc1cc(N)cc(OCCOCCOC)c1OCCOCCOC. The molecule has 1 aromatic carbocycles. The van der Waals surface area contributed by atoms with E-state index in [1.807, 2.05) is 0 Å². The number of ether oxygens (including phenoxy) is 9. The summed E-state index contributed by atoms with van der Waals surface area (Å²) in [6, 6.07) is 3.39. The molecule has 0 saturated heterocycles. The lowest BCUT2D eigenvalue weighted by Crippen LogP contribution is -2.14. The Labute approximate surface area is 184 Å². The minimum Gasteiger partial charge on any atom is -0.487 e. The van der Waals surface area contributed by atoms with Crippen LogP contribution >= 0.6 is 0 Å². The molecule has 2 N–H and O–H groups in total. The molecule has 0 heterocycles. The predicted molar refractivity (Wildman–Crippen MR) is 115 cm³/mol. The fourth-order valence-electron chi connectivity index (χ4n) is 2.31. The maximum absolute atomic E-state index is 6.03. The molecule has 0 aliphatic rings. The molecule has 0 fully saturated rings. The summed E-state index contributed by atoms with van der Waals surface area (Å²) in [5.74, 6) is 1.41. The number of nitrogens with two attached hydrogens (primary N) is 1. The molecule has 10 heteroatoms. The van der Waals surface area contributed by atoms with Crippen molar-refractivity contribution in [1.82, 2.24) is 0 Å². The molecule has 0 saturated carbocycles. The highest BCUT2D eigenvalue weighted by Gasteiger charge is 2.15. The molecule has 0 radical (unpaired) electrons. The van der Waals surface area contributed by atoms with Gasteiger partial charge in [0.2, 0.25) is 5.75 Å². The third-order valence-corrected chi connectivity index (χ3v) is 3.78. The van der Waals surface area contributed by atoms with E-state index in [1.165, 1.54) is 0 Å². The maximum atomic E-state index is 6.03. The van der Waals surface area contributed by atoms with Crippen LogP contribution in [0, 0.1) is 0 Å². The Morgan fingerprint density at radius 2 is 0.871 bits per heavy atom. The fraction of sp³-hybridized carbons (Fsp3) is 0.714. The molecule has 0 bridgehead atoms.